The minimum atomic E-state index is -1.09. The number of hydroxylamine groups is 1. The summed E-state index contributed by atoms with van der Waals surface area (Å²) in [5, 5.41) is 22.6. The zero-order valence-electron chi connectivity index (χ0n) is 16.4. The van der Waals surface area contributed by atoms with Gasteiger partial charge in [-0.15, -0.1) is 0 Å². The molecule has 0 aliphatic heterocycles. The molecule has 0 saturated carbocycles. The summed E-state index contributed by atoms with van der Waals surface area (Å²) in [7, 11) is 0. The van der Waals surface area contributed by atoms with Crippen LogP contribution in [0.15, 0.2) is 30.3 Å². The fourth-order valence-electron chi connectivity index (χ4n) is 2.72. The number of nitrogens with one attached hydrogen (secondary N) is 3. The number of hydrogen-bond donors (Lipinski definition) is 5. The molecule has 0 heterocycles. The van der Waals surface area contributed by atoms with Crippen LogP contribution >= 0.6 is 0 Å². The van der Waals surface area contributed by atoms with Crippen molar-refractivity contribution in [3.8, 4) is 0 Å². The molecule has 160 valence electrons. The van der Waals surface area contributed by atoms with E-state index in [0.717, 1.165) is 25.7 Å². The largest absolute Gasteiger partial charge is 0.481 e. The molecule has 1 atom stereocenters. The third kappa shape index (κ3) is 10.8. The van der Waals surface area contributed by atoms with Gasteiger partial charge in [0.1, 0.15) is 6.04 Å². The zero-order chi connectivity index (χ0) is 21.5. The van der Waals surface area contributed by atoms with Crippen molar-refractivity contribution in [1.29, 1.82) is 0 Å². The van der Waals surface area contributed by atoms with E-state index in [9.17, 15) is 19.2 Å². The molecule has 0 saturated heterocycles. The van der Waals surface area contributed by atoms with Gasteiger partial charge >= 0.3 is 5.97 Å². The van der Waals surface area contributed by atoms with Gasteiger partial charge in [-0.1, -0.05) is 37.5 Å². The molecule has 0 spiro atoms. The third-order valence-electron chi connectivity index (χ3n) is 4.31. The number of amides is 3. The van der Waals surface area contributed by atoms with E-state index in [1.54, 1.807) is 12.1 Å². The second kappa shape index (κ2) is 14.1. The predicted octanol–water partition coefficient (Wildman–Crippen LogP) is 1.61. The Hall–Kier alpha value is -2.94. The van der Waals surface area contributed by atoms with E-state index in [2.05, 4.69) is 10.6 Å². The Morgan fingerprint density at radius 2 is 1.55 bits per heavy atom. The standard InChI is InChI=1S/C20H29N3O6/c24-17(22-16(20(28)23-29)12-13-18(25)26)11-7-2-1-3-8-14-21-19(27)15-9-5-4-6-10-15/h4-6,9-10,16,29H,1-3,7-8,11-14H2,(H,21,27)(H,22,24)(H,23,28)(H,25,26)/t16-/m1/s1. The number of carbonyl (C=O) groups is 4. The van der Waals surface area contributed by atoms with Crippen LogP contribution in [0.2, 0.25) is 0 Å². The Morgan fingerprint density at radius 3 is 2.21 bits per heavy atom. The van der Waals surface area contributed by atoms with E-state index in [4.69, 9.17) is 10.3 Å². The summed E-state index contributed by atoms with van der Waals surface area (Å²) in [6, 6.07) is 7.94. The number of aliphatic carboxylic acids is 1. The minimum absolute atomic E-state index is 0.0911. The number of hydrogen-bond acceptors (Lipinski definition) is 5. The molecule has 3 amide bonds. The summed E-state index contributed by atoms with van der Waals surface area (Å²) in [6.07, 6.45) is 3.96. The van der Waals surface area contributed by atoms with Gasteiger partial charge in [0.05, 0.1) is 0 Å². The molecule has 0 aliphatic carbocycles. The van der Waals surface area contributed by atoms with Crippen molar-refractivity contribution in [2.45, 2.75) is 57.4 Å². The van der Waals surface area contributed by atoms with Crippen molar-refractivity contribution in [2.75, 3.05) is 6.54 Å². The van der Waals surface area contributed by atoms with Crippen LogP contribution in [0, 0.1) is 0 Å². The van der Waals surface area contributed by atoms with E-state index in [1.165, 1.54) is 5.48 Å². The normalized spacial score (nSPS) is 11.3. The molecule has 9 heteroatoms. The Balaban J connectivity index is 2.11. The van der Waals surface area contributed by atoms with Gasteiger partial charge in [-0.3, -0.25) is 24.4 Å². The van der Waals surface area contributed by atoms with Crippen LogP contribution in [0.4, 0.5) is 0 Å². The Morgan fingerprint density at radius 1 is 0.897 bits per heavy atom. The van der Waals surface area contributed by atoms with Crippen LogP contribution in [-0.4, -0.2) is 46.6 Å². The van der Waals surface area contributed by atoms with Gasteiger partial charge in [0.15, 0.2) is 0 Å². The first kappa shape index (κ1) is 24.1. The second-order valence-electron chi connectivity index (χ2n) is 6.67. The first-order chi connectivity index (χ1) is 13.9. The SMILES string of the molecule is O=C(O)CC[C@@H](NC(=O)CCCCCCCNC(=O)c1ccccc1)C(=O)NO. The molecule has 9 nitrogen and oxygen atoms in total. The van der Waals surface area contributed by atoms with Crippen LogP contribution < -0.4 is 16.1 Å². The number of carbonyl (C=O) groups excluding carboxylic acids is 3. The minimum Gasteiger partial charge on any atom is -0.481 e. The predicted molar refractivity (Wildman–Crippen MR) is 105 cm³/mol. The maximum absolute atomic E-state index is 11.9. The highest BCUT2D eigenvalue weighted by Gasteiger charge is 2.21. The summed E-state index contributed by atoms with van der Waals surface area (Å²) in [5.74, 6) is -2.38. The smallest absolute Gasteiger partial charge is 0.303 e. The summed E-state index contributed by atoms with van der Waals surface area (Å²) in [6.45, 7) is 0.593. The second-order valence-corrected chi connectivity index (χ2v) is 6.67. The van der Waals surface area contributed by atoms with Crippen LogP contribution in [0.25, 0.3) is 0 Å². The van der Waals surface area contributed by atoms with Crippen LogP contribution in [0.5, 0.6) is 0 Å². The molecule has 0 unspecified atom stereocenters. The number of carboxylic acid groups (broad SMARTS) is 1. The topological polar surface area (TPSA) is 145 Å². The molecule has 5 N–H and O–H groups in total. The highest BCUT2D eigenvalue weighted by Crippen LogP contribution is 2.06. The highest BCUT2D eigenvalue weighted by molar-refractivity contribution is 5.94. The van der Waals surface area contributed by atoms with E-state index >= 15 is 0 Å². The molecule has 0 aromatic heterocycles. The molecule has 1 rings (SSSR count). The maximum atomic E-state index is 11.9. The molecule has 0 bridgehead atoms. The molecular formula is C20H29N3O6. The average Bonchev–Trinajstić information content (AvgIpc) is 2.72. The van der Waals surface area contributed by atoms with E-state index < -0.39 is 17.9 Å². The van der Waals surface area contributed by atoms with Crippen molar-refractivity contribution in [2.24, 2.45) is 0 Å². The van der Waals surface area contributed by atoms with Crippen molar-refractivity contribution in [3.63, 3.8) is 0 Å². The summed E-state index contributed by atoms with van der Waals surface area (Å²) in [4.78, 5) is 45.8. The third-order valence-corrected chi connectivity index (χ3v) is 4.31. The van der Waals surface area contributed by atoms with Crippen LogP contribution in [0.1, 0.15) is 61.7 Å². The van der Waals surface area contributed by atoms with Crippen LogP contribution in [0.3, 0.4) is 0 Å². The van der Waals surface area contributed by atoms with Crippen LogP contribution in [-0.2, 0) is 14.4 Å². The number of carboxylic acids is 1. The van der Waals surface area contributed by atoms with Crippen molar-refractivity contribution >= 4 is 23.7 Å². The van der Waals surface area contributed by atoms with Crippen molar-refractivity contribution in [1.82, 2.24) is 16.1 Å². The quantitative estimate of drug-likeness (QED) is 0.180. The van der Waals surface area contributed by atoms with E-state index in [-0.39, 0.29) is 31.1 Å². The molecule has 1 aromatic carbocycles. The lowest BCUT2D eigenvalue weighted by molar-refractivity contribution is -0.139. The monoisotopic (exact) mass is 407 g/mol. The Bertz CT molecular complexity index is 665. The number of unbranched alkanes of at least 4 members (excludes halogenated alkanes) is 4. The van der Waals surface area contributed by atoms with Gasteiger partial charge in [-0.05, 0) is 31.4 Å². The summed E-state index contributed by atoms with van der Waals surface area (Å²) >= 11 is 0. The fourth-order valence-corrected chi connectivity index (χ4v) is 2.72. The van der Waals surface area contributed by atoms with Crippen molar-refractivity contribution < 1.29 is 29.5 Å². The number of rotatable bonds is 14. The Kier molecular flexibility index (Phi) is 11.7. The lowest BCUT2D eigenvalue weighted by atomic mass is 10.1. The molecule has 0 aliphatic rings. The van der Waals surface area contributed by atoms with Gasteiger partial charge in [-0.2, -0.15) is 0 Å². The first-order valence-corrected chi connectivity index (χ1v) is 9.72. The Labute approximate surface area is 169 Å². The molecular weight excluding hydrogens is 378 g/mol. The molecule has 0 fully saturated rings. The van der Waals surface area contributed by atoms with E-state index in [0.29, 0.717) is 18.5 Å². The van der Waals surface area contributed by atoms with Gasteiger partial charge in [0, 0.05) is 24.9 Å². The van der Waals surface area contributed by atoms with Gasteiger partial charge in [-0.25, -0.2) is 5.48 Å². The average molecular weight is 407 g/mol. The highest BCUT2D eigenvalue weighted by atomic mass is 16.5. The first-order valence-electron chi connectivity index (χ1n) is 9.72. The molecule has 0 radical (unpaired) electrons. The lowest BCUT2D eigenvalue weighted by Gasteiger charge is -2.15. The molecule has 1 aromatic rings. The lowest BCUT2D eigenvalue weighted by Crippen LogP contribution is -2.46. The number of benzene rings is 1. The van der Waals surface area contributed by atoms with Crippen molar-refractivity contribution in [3.05, 3.63) is 35.9 Å². The van der Waals surface area contributed by atoms with Gasteiger partial charge in [0.25, 0.3) is 11.8 Å². The van der Waals surface area contributed by atoms with E-state index in [1.807, 2.05) is 18.2 Å². The molecule has 29 heavy (non-hydrogen) atoms. The maximum Gasteiger partial charge on any atom is 0.303 e. The van der Waals surface area contributed by atoms with Gasteiger partial charge < -0.3 is 15.7 Å². The van der Waals surface area contributed by atoms with Gasteiger partial charge in [0.2, 0.25) is 5.91 Å². The summed E-state index contributed by atoms with van der Waals surface area (Å²) < 4.78 is 0. The fraction of sp³-hybridized carbons (Fsp3) is 0.500. The summed E-state index contributed by atoms with van der Waals surface area (Å²) in [5.41, 5.74) is 2.07. The zero-order valence-corrected chi connectivity index (χ0v) is 16.4.